The predicted molar refractivity (Wildman–Crippen MR) is 84.2 cm³/mol. The van der Waals surface area contributed by atoms with Gasteiger partial charge in [-0.05, 0) is 26.7 Å². The summed E-state index contributed by atoms with van der Waals surface area (Å²) in [6.07, 6.45) is 3.61. The van der Waals surface area contributed by atoms with E-state index in [4.69, 9.17) is 0 Å². The topological polar surface area (TPSA) is 62.3 Å². The molecule has 1 aliphatic rings. The van der Waals surface area contributed by atoms with E-state index in [-0.39, 0.29) is 11.8 Å². The van der Waals surface area contributed by atoms with Gasteiger partial charge in [0, 0.05) is 36.8 Å². The summed E-state index contributed by atoms with van der Waals surface area (Å²) in [5, 5.41) is 4.40. The van der Waals surface area contributed by atoms with Crippen LogP contribution in [0.15, 0.2) is 6.20 Å². The number of rotatable bonds is 6. The van der Waals surface area contributed by atoms with Crippen LogP contribution in [0.4, 0.5) is 5.13 Å². The number of hydrogen-bond donors (Lipinski definition) is 1. The molecule has 5 nitrogen and oxygen atoms in total. The number of nitrogens with zero attached hydrogens (tertiary/aromatic N) is 2. The third kappa shape index (κ3) is 4.17. The Balaban J connectivity index is 1.88. The van der Waals surface area contributed by atoms with Crippen molar-refractivity contribution in [3.8, 4) is 0 Å². The van der Waals surface area contributed by atoms with Crippen molar-refractivity contribution in [1.82, 2.24) is 10.3 Å². The fraction of sp³-hybridized carbons (Fsp3) is 0.769. The lowest BCUT2D eigenvalue weighted by molar-refractivity contribution is 0.482. The maximum atomic E-state index is 11.6. The molecule has 2 heterocycles. The van der Waals surface area contributed by atoms with Gasteiger partial charge in [-0.2, -0.15) is 0 Å². The first-order chi connectivity index (χ1) is 9.54. The smallest absolute Gasteiger partial charge is 0.185 e. The average Bonchev–Trinajstić information content (AvgIpc) is 2.86. The van der Waals surface area contributed by atoms with Gasteiger partial charge in [-0.15, -0.1) is 11.3 Å². The molecule has 1 atom stereocenters. The molecule has 0 saturated carbocycles. The van der Waals surface area contributed by atoms with Crippen LogP contribution in [0, 0.1) is 0 Å². The zero-order valence-electron chi connectivity index (χ0n) is 12.1. The molecule has 0 bridgehead atoms. The highest BCUT2D eigenvalue weighted by Gasteiger charge is 2.24. The van der Waals surface area contributed by atoms with E-state index in [0.29, 0.717) is 12.3 Å². The molecule has 0 spiro atoms. The number of aromatic nitrogens is 1. The number of anilines is 1. The standard InChI is InChI=1S/C13H23N3O2S2/c1-3-16(4-2)13-15-9-12(19-13)8-14-11-6-5-7-20(17,18)10-11/h9,11,14H,3-8,10H2,1-2H3. The Morgan fingerprint density at radius 3 is 2.85 bits per heavy atom. The minimum absolute atomic E-state index is 0.0905. The van der Waals surface area contributed by atoms with E-state index < -0.39 is 9.84 Å². The number of sulfone groups is 1. The molecule has 0 aromatic carbocycles. The quantitative estimate of drug-likeness (QED) is 0.864. The van der Waals surface area contributed by atoms with Gasteiger partial charge in [0.1, 0.15) is 0 Å². The molecule has 1 aromatic heterocycles. The molecule has 114 valence electrons. The van der Waals surface area contributed by atoms with Gasteiger partial charge in [0.25, 0.3) is 0 Å². The van der Waals surface area contributed by atoms with Gasteiger partial charge in [-0.3, -0.25) is 0 Å². The molecular weight excluding hydrogens is 294 g/mol. The van der Waals surface area contributed by atoms with Crippen LogP contribution in [0.25, 0.3) is 0 Å². The molecule has 1 aliphatic heterocycles. The molecule has 2 rings (SSSR count). The molecule has 1 N–H and O–H groups in total. The first-order valence-corrected chi connectivity index (χ1v) is 9.81. The Labute approximate surface area is 125 Å². The molecule has 0 aliphatic carbocycles. The van der Waals surface area contributed by atoms with E-state index in [1.807, 2.05) is 6.20 Å². The summed E-state index contributed by atoms with van der Waals surface area (Å²) in [7, 11) is -2.84. The molecule has 20 heavy (non-hydrogen) atoms. The third-order valence-corrected chi connectivity index (χ3v) is 6.48. The maximum Gasteiger partial charge on any atom is 0.185 e. The van der Waals surface area contributed by atoms with E-state index in [9.17, 15) is 8.42 Å². The van der Waals surface area contributed by atoms with Crippen molar-refractivity contribution in [3.05, 3.63) is 11.1 Å². The Morgan fingerprint density at radius 1 is 1.45 bits per heavy atom. The second kappa shape index (κ2) is 6.87. The van der Waals surface area contributed by atoms with Crippen LogP contribution in [0.1, 0.15) is 31.6 Å². The maximum absolute atomic E-state index is 11.6. The highest BCUT2D eigenvalue weighted by Crippen LogP contribution is 2.22. The lowest BCUT2D eigenvalue weighted by atomic mass is 10.2. The zero-order valence-corrected chi connectivity index (χ0v) is 13.8. The largest absolute Gasteiger partial charge is 0.349 e. The van der Waals surface area contributed by atoms with Crippen molar-refractivity contribution in [3.63, 3.8) is 0 Å². The predicted octanol–water partition coefficient (Wildman–Crippen LogP) is 1.66. The summed E-state index contributed by atoms with van der Waals surface area (Å²) in [6, 6.07) is 0.0905. The summed E-state index contributed by atoms with van der Waals surface area (Å²) < 4.78 is 23.2. The summed E-state index contributed by atoms with van der Waals surface area (Å²) in [5.74, 6) is 0.618. The van der Waals surface area contributed by atoms with Crippen LogP contribution in [-0.2, 0) is 16.4 Å². The normalized spacial score (nSPS) is 21.8. The summed E-state index contributed by atoms with van der Waals surface area (Å²) in [4.78, 5) is 7.82. The van der Waals surface area contributed by atoms with Crippen molar-refractivity contribution < 1.29 is 8.42 Å². The summed E-state index contributed by atoms with van der Waals surface area (Å²) in [6.45, 7) is 6.86. The molecule has 1 unspecified atom stereocenters. The van der Waals surface area contributed by atoms with Crippen LogP contribution in [0.3, 0.4) is 0 Å². The Hall–Kier alpha value is -0.660. The second-order valence-electron chi connectivity index (χ2n) is 5.12. The van der Waals surface area contributed by atoms with Crippen molar-refractivity contribution in [1.29, 1.82) is 0 Å². The van der Waals surface area contributed by atoms with Gasteiger partial charge in [0.2, 0.25) is 0 Å². The molecule has 1 fully saturated rings. The number of hydrogen-bond acceptors (Lipinski definition) is 6. The molecular formula is C13H23N3O2S2. The second-order valence-corrected chi connectivity index (χ2v) is 8.44. The minimum atomic E-state index is -2.84. The SMILES string of the molecule is CCN(CC)c1ncc(CNC2CCCS(=O)(=O)C2)s1. The van der Waals surface area contributed by atoms with Crippen molar-refractivity contribution in [2.45, 2.75) is 39.3 Å². The van der Waals surface area contributed by atoms with Crippen LogP contribution >= 0.6 is 11.3 Å². The zero-order chi connectivity index (χ0) is 14.6. The minimum Gasteiger partial charge on any atom is -0.349 e. The van der Waals surface area contributed by atoms with E-state index in [0.717, 1.165) is 35.9 Å². The van der Waals surface area contributed by atoms with Gasteiger partial charge in [-0.25, -0.2) is 13.4 Å². The van der Waals surface area contributed by atoms with Crippen molar-refractivity contribution in [2.24, 2.45) is 0 Å². The molecule has 0 radical (unpaired) electrons. The third-order valence-electron chi connectivity index (χ3n) is 3.60. The van der Waals surface area contributed by atoms with E-state index in [1.165, 1.54) is 0 Å². The summed E-state index contributed by atoms with van der Waals surface area (Å²) >= 11 is 1.68. The van der Waals surface area contributed by atoms with Gasteiger partial charge < -0.3 is 10.2 Å². The number of thiazole rings is 1. The van der Waals surface area contributed by atoms with Crippen LogP contribution in [0.5, 0.6) is 0 Å². The first kappa shape index (κ1) is 15.7. The van der Waals surface area contributed by atoms with E-state index in [2.05, 4.69) is 29.0 Å². The Bertz CT molecular complexity index is 523. The monoisotopic (exact) mass is 317 g/mol. The van der Waals surface area contributed by atoms with Gasteiger partial charge in [0.15, 0.2) is 15.0 Å². The van der Waals surface area contributed by atoms with E-state index >= 15 is 0 Å². The lowest BCUT2D eigenvalue weighted by Gasteiger charge is -2.22. The summed E-state index contributed by atoms with van der Waals surface area (Å²) in [5.41, 5.74) is 0. The van der Waals surface area contributed by atoms with E-state index in [1.54, 1.807) is 11.3 Å². The number of nitrogens with one attached hydrogen (secondary N) is 1. The van der Waals surface area contributed by atoms with Crippen molar-refractivity contribution in [2.75, 3.05) is 29.5 Å². The van der Waals surface area contributed by atoms with Gasteiger partial charge >= 0.3 is 0 Å². The highest BCUT2D eigenvalue weighted by atomic mass is 32.2. The molecule has 1 aromatic rings. The Morgan fingerprint density at radius 2 is 2.20 bits per heavy atom. The molecule has 1 saturated heterocycles. The van der Waals surface area contributed by atoms with Gasteiger partial charge in [-0.1, -0.05) is 0 Å². The Kier molecular flexibility index (Phi) is 5.40. The molecule has 7 heteroatoms. The van der Waals surface area contributed by atoms with Crippen molar-refractivity contribution >= 4 is 26.3 Å². The average molecular weight is 317 g/mol. The van der Waals surface area contributed by atoms with Crippen LogP contribution in [-0.4, -0.2) is 44.0 Å². The first-order valence-electron chi connectivity index (χ1n) is 7.17. The fourth-order valence-corrected chi connectivity index (χ4v) is 5.11. The van der Waals surface area contributed by atoms with Crippen LogP contribution in [0.2, 0.25) is 0 Å². The van der Waals surface area contributed by atoms with Gasteiger partial charge in [0.05, 0.1) is 11.5 Å². The highest BCUT2D eigenvalue weighted by molar-refractivity contribution is 7.91. The van der Waals surface area contributed by atoms with Crippen LogP contribution < -0.4 is 10.2 Å². The molecule has 0 amide bonds. The lowest BCUT2D eigenvalue weighted by Crippen LogP contribution is -2.39. The fourth-order valence-electron chi connectivity index (χ4n) is 2.45.